The number of pyridine rings is 1. The van der Waals surface area contributed by atoms with Crippen LogP contribution in [0.25, 0.3) is 0 Å². The molecule has 1 N–H and O–H groups in total. The monoisotopic (exact) mass is 280 g/mol. The quantitative estimate of drug-likeness (QED) is 0.769. The van der Waals surface area contributed by atoms with E-state index in [2.05, 4.69) is 4.98 Å². The van der Waals surface area contributed by atoms with E-state index in [1.54, 1.807) is 19.1 Å². The van der Waals surface area contributed by atoms with Gasteiger partial charge in [-0.3, -0.25) is 4.79 Å². The minimum absolute atomic E-state index is 0.0369. The predicted molar refractivity (Wildman–Crippen MR) is 74.9 cm³/mol. The Balaban J connectivity index is 2.84. The number of aromatic nitrogens is 1. The Kier molecular flexibility index (Phi) is 5.96. The van der Waals surface area contributed by atoms with E-state index in [0.717, 1.165) is 0 Å². The number of rotatable bonds is 7. The van der Waals surface area contributed by atoms with E-state index in [1.807, 2.05) is 18.7 Å². The normalized spacial score (nSPS) is 11.8. The number of anilines is 1. The molecule has 1 heterocycles. The van der Waals surface area contributed by atoms with Crippen molar-refractivity contribution in [2.24, 2.45) is 0 Å². The summed E-state index contributed by atoms with van der Waals surface area (Å²) in [5, 5.41) is 8.84. The van der Waals surface area contributed by atoms with Gasteiger partial charge in [0.25, 0.3) is 0 Å². The Morgan fingerprint density at radius 2 is 2.10 bits per heavy atom. The Labute approximate surface area is 118 Å². The van der Waals surface area contributed by atoms with Crippen molar-refractivity contribution in [1.29, 1.82) is 0 Å². The van der Waals surface area contributed by atoms with Gasteiger partial charge in [-0.1, -0.05) is 0 Å². The maximum absolute atomic E-state index is 11.5. The third kappa shape index (κ3) is 4.22. The zero-order valence-corrected chi connectivity index (χ0v) is 12.0. The molecule has 0 aliphatic carbocycles. The van der Waals surface area contributed by atoms with Gasteiger partial charge in [-0.05, 0) is 32.9 Å². The third-order valence-electron chi connectivity index (χ3n) is 2.90. The molecule has 1 atom stereocenters. The second kappa shape index (κ2) is 7.47. The fourth-order valence-corrected chi connectivity index (χ4v) is 1.95. The maximum atomic E-state index is 11.5. The summed E-state index contributed by atoms with van der Waals surface area (Å²) in [6.07, 6.45) is 1.48. The van der Waals surface area contributed by atoms with Crippen LogP contribution in [0.5, 0.6) is 0 Å². The van der Waals surface area contributed by atoms with E-state index in [0.29, 0.717) is 24.5 Å². The van der Waals surface area contributed by atoms with Crippen LogP contribution in [-0.4, -0.2) is 41.2 Å². The van der Waals surface area contributed by atoms with Crippen LogP contribution >= 0.6 is 0 Å². The summed E-state index contributed by atoms with van der Waals surface area (Å²) < 4.78 is 4.88. The molecule has 0 radical (unpaired) electrons. The average molecular weight is 280 g/mol. The van der Waals surface area contributed by atoms with Gasteiger partial charge in [0.2, 0.25) is 0 Å². The highest BCUT2D eigenvalue weighted by Gasteiger charge is 2.17. The van der Waals surface area contributed by atoms with Crippen LogP contribution in [0.1, 0.15) is 37.6 Å². The topological polar surface area (TPSA) is 79.7 Å². The van der Waals surface area contributed by atoms with Gasteiger partial charge < -0.3 is 14.7 Å². The molecule has 1 unspecified atom stereocenters. The highest BCUT2D eigenvalue weighted by atomic mass is 16.5. The van der Waals surface area contributed by atoms with Crippen LogP contribution < -0.4 is 4.90 Å². The molecule has 0 spiro atoms. The van der Waals surface area contributed by atoms with Gasteiger partial charge >= 0.3 is 11.9 Å². The zero-order valence-electron chi connectivity index (χ0n) is 12.0. The van der Waals surface area contributed by atoms with Crippen molar-refractivity contribution in [2.45, 2.75) is 33.2 Å². The van der Waals surface area contributed by atoms with Gasteiger partial charge in [-0.15, -0.1) is 0 Å². The summed E-state index contributed by atoms with van der Waals surface area (Å²) >= 11 is 0. The zero-order chi connectivity index (χ0) is 15.1. The molecule has 0 saturated carbocycles. The van der Waals surface area contributed by atoms with Gasteiger partial charge in [-0.25, -0.2) is 9.78 Å². The van der Waals surface area contributed by atoms with Crippen molar-refractivity contribution < 1.29 is 19.4 Å². The highest BCUT2D eigenvalue weighted by Crippen LogP contribution is 2.16. The Morgan fingerprint density at radius 3 is 2.55 bits per heavy atom. The summed E-state index contributed by atoms with van der Waals surface area (Å²) in [4.78, 5) is 28.4. The molecule has 0 aromatic carbocycles. The number of nitrogens with zero attached hydrogens (tertiary/aromatic N) is 2. The smallest absolute Gasteiger partial charge is 0.339 e. The molecule has 6 nitrogen and oxygen atoms in total. The molecule has 0 aliphatic heterocycles. The fraction of sp³-hybridized carbons (Fsp3) is 0.500. The summed E-state index contributed by atoms with van der Waals surface area (Å²) in [6, 6.07) is 3.17. The average Bonchev–Trinajstić information content (AvgIpc) is 2.39. The molecule has 0 amide bonds. The summed E-state index contributed by atoms with van der Waals surface area (Å²) in [5.41, 5.74) is 0.387. The first-order valence-electron chi connectivity index (χ1n) is 6.61. The SMILES string of the molecule is CCOC(=O)c1ccc(N(CC)C(C)CC(=O)O)nc1. The molecule has 110 valence electrons. The van der Waals surface area contributed by atoms with Crippen LogP contribution in [0.3, 0.4) is 0 Å². The van der Waals surface area contributed by atoms with E-state index < -0.39 is 11.9 Å². The lowest BCUT2D eigenvalue weighted by Gasteiger charge is -2.28. The lowest BCUT2D eigenvalue weighted by Crippen LogP contribution is -2.35. The molecule has 1 aromatic rings. The Hall–Kier alpha value is -2.11. The lowest BCUT2D eigenvalue weighted by atomic mass is 10.2. The first kappa shape index (κ1) is 15.9. The third-order valence-corrected chi connectivity index (χ3v) is 2.90. The summed E-state index contributed by atoms with van der Waals surface area (Å²) in [5.74, 6) is -0.610. The molecule has 0 bridgehead atoms. The standard InChI is InChI=1S/C14H20N2O4/c1-4-16(10(3)8-13(17)18)12-7-6-11(9-15-12)14(19)20-5-2/h6-7,9-10H,4-5,8H2,1-3H3,(H,17,18). The number of esters is 1. The van der Waals surface area contributed by atoms with E-state index >= 15 is 0 Å². The minimum Gasteiger partial charge on any atom is -0.481 e. The number of carbonyl (C=O) groups excluding carboxylic acids is 1. The van der Waals surface area contributed by atoms with E-state index in [9.17, 15) is 9.59 Å². The highest BCUT2D eigenvalue weighted by molar-refractivity contribution is 5.89. The van der Waals surface area contributed by atoms with E-state index in [1.165, 1.54) is 6.20 Å². The van der Waals surface area contributed by atoms with Crippen molar-refractivity contribution in [3.63, 3.8) is 0 Å². The van der Waals surface area contributed by atoms with Gasteiger partial charge in [0.05, 0.1) is 18.6 Å². The van der Waals surface area contributed by atoms with Gasteiger partial charge in [0.1, 0.15) is 5.82 Å². The maximum Gasteiger partial charge on any atom is 0.339 e. The van der Waals surface area contributed by atoms with Crippen molar-refractivity contribution >= 4 is 17.8 Å². The fourth-order valence-electron chi connectivity index (χ4n) is 1.95. The van der Waals surface area contributed by atoms with Gasteiger partial charge in [-0.2, -0.15) is 0 Å². The number of hydrogen-bond donors (Lipinski definition) is 1. The first-order chi connectivity index (χ1) is 9.49. The molecule has 6 heteroatoms. The number of carboxylic acids is 1. The Morgan fingerprint density at radius 1 is 1.40 bits per heavy atom. The van der Waals surface area contributed by atoms with Crippen LogP contribution in [0.15, 0.2) is 18.3 Å². The van der Waals surface area contributed by atoms with Gasteiger partial charge in [0, 0.05) is 18.8 Å². The number of carboxylic acid groups (broad SMARTS) is 1. The van der Waals surface area contributed by atoms with Crippen LogP contribution in [0.2, 0.25) is 0 Å². The van der Waals surface area contributed by atoms with Crippen molar-refractivity contribution in [2.75, 3.05) is 18.1 Å². The van der Waals surface area contributed by atoms with E-state index in [4.69, 9.17) is 9.84 Å². The summed E-state index contributed by atoms with van der Waals surface area (Å²) in [7, 11) is 0. The van der Waals surface area contributed by atoms with Gasteiger partial charge in [0.15, 0.2) is 0 Å². The first-order valence-corrected chi connectivity index (χ1v) is 6.61. The molecular weight excluding hydrogens is 260 g/mol. The van der Waals surface area contributed by atoms with Crippen molar-refractivity contribution in [3.8, 4) is 0 Å². The molecule has 1 aromatic heterocycles. The molecule has 1 rings (SSSR count). The van der Waals surface area contributed by atoms with Crippen molar-refractivity contribution in [1.82, 2.24) is 4.98 Å². The summed E-state index contributed by atoms with van der Waals surface area (Å²) in [6.45, 7) is 6.46. The number of ether oxygens (including phenoxy) is 1. The Bertz CT molecular complexity index is 459. The second-order valence-corrected chi connectivity index (χ2v) is 4.36. The second-order valence-electron chi connectivity index (χ2n) is 4.36. The van der Waals surface area contributed by atoms with Crippen LogP contribution in [0, 0.1) is 0 Å². The number of aliphatic carboxylic acids is 1. The molecular formula is C14H20N2O4. The largest absolute Gasteiger partial charge is 0.481 e. The van der Waals surface area contributed by atoms with Crippen LogP contribution in [0.4, 0.5) is 5.82 Å². The minimum atomic E-state index is -0.848. The molecule has 0 aliphatic rings. The predicted octanol–water partition coefficient (Wildman–Crippen LogP) is 1.95. The molecule has 0 fully saturated rings. The lowest BCUT2D eigenvalue weighted by molar-refractivity contribution is -0.137. The molecule has 0 saturated heterocycles. The molecule has 20 heavy (non-hydrogen) atoms. The van der Waals surface area contributed by atoms with Crippen LogP contribution in [-0.2, 0) is 9.53 Å². The number of carbonyl (C=O) groups is 2. The van der Waals surface area contributed by atoms with E-state index in [-0.39, 0.29) is 12.5 Å². The van der Waals surface area contributed by atoms with Crippen molar-refractivity contribution in [3.05, 3.63) is 23.9 Å². The number of hydrogen-bond acceptors (Lipinski definition) is 5.